The Labute approximate surface area is 216 Å². The third-order valence-corrected chi connectivity index (χ3v) is 6.45. The molecule has 37 heavy (non-hydrogen) atoms. The molecule has 1 unspecified atom stereocenters. The van der Waals surface area contributed by atoms with Gasteiger partial charge >= 0.3 is 0 Å². The van der Waals surface area contributed by atoms with Crippen LogP contribution in [0.2, 0.25) is 0 Å². The highest BCUT2D eigenvalue weighted by Crippen LogP contribution is 2.43. The molecule has 7 heteroatoms. The van der Waals surface area contributed by atoms with Gasteiger partial charge in [0.1, 0.15) is 11.5 Å². The molecule has 1 atom stereocenters. The van der Waals surface area contributed by atoms with Crippen LogP contribution in [-0.2, 0) is 9.59 Å². The Hall–Kier alpha value is -4.26. The topological polar surface area (TPSA) is 85.3 Å². The molecule has 0 aliphatic carbocycles. The fourth-order valence-corrected chi connectivity index (χ4v) is 4.49. The maximum Gasteiger partial charge on any atom is 0.300 e. The molecule has 0 radical (unpaired) electrons. The lowest BCUT2D eigenvalue weighted by molar-refractivity contribution is -0.132. The summed E-state index contributed by atoms with van der Waals surface area (Å²) in [5.74, 6) is 0.0815. The minimum absolute atomic E-state index is 0.00315. The Balaban J connectivity index is 1.89. The summed E-state index contributed by atoms with van der Waals surface area (Å²) in [4.78, 5) is 28.2. The number of hydrogen-bond donors (Lipinski definition) is 1. The minimum Gasteiger partial charge on any atom is -0.507 e. The Kier molecular flexibility index (Phi) is 7.53. The van der Waals surface area contributed by atoms with Gasteiger partial charge in [0.25, 0.3) is 11.7 Å². The van der Waals surface area contributed by atoms with Crippen molar-refractivity contribution in [3.05, 3.63) is 89.0 Å². The number of anilines is 1. The Bertz CT molecular complexity index is 1330. The smallest absolute Gasteiger partial charge is 0.300 e. The van der Waals surface area contributed by atoms with Gasteiger partial charge in [0.2, 0.25) is 0 Å². The molecule has 0 saturated carbocycles. The number of carbonyl (C=O) groups is 2. The first-order valence-corrected chi connectivity index (χ1v) is 12.2. The quantitative estimate of drug-likeness (QED) is 0.237. The predicted octanol–water partition coefficient (Wildman–Crippen LogP) is 5.85. The van der Waals surface area contributed by atoms with Gasteiger partial charge in [-0.3, -0.25) is 14.5 Å². The number of amides is 1. The Morgan fingerprint density at radius 2 is 1.57 bits per heavy atom. The lowest BCUT2D eigenvalue weighted by Gasteiger charge is -2.26. The summed E-state index contributed by atoms with van der Waals surface area (Å²) >= 11 is 0. The van der Waals surface area contributed by atoms with Crippen molar-refractivity contribution in [2.24, 2.45) is 0 Å². The van der Waals surface area contributed by atoms with Crippen molar-refractivity contribution >= 4 is 23.1 Å². The average Bonchev–Trinajstić information content (AvgIpc) is 3.18. The first-order valence-electron chi connectivity index (χ1n) is 12.2. The molecule has 7 nitrogen and oxygen atoms in total. The zero-order chi connectivity index (χ0) is 26.7. The number of aliphatic hydroxyl groups excluding tert-OH is 1. The Morgan fingerprint density at radius 3 is 2.14 bits per heavy atom. The van der Waals surface area contributed by atoms with E-state index in [0.29, 0.717) is 46.6 Å². The second-order valence-electron chi connectivity index (χ2n) is 8.99. The number of Topliss-reactive ketones (excluding diaryl/α,β-unsaturated/α-hetero) is 1. The molecule has 0 spiro atoms. The number of rotatable bonds is 8. The van der Waals surface area contributed by atoms with Crippen molar-refractivity contribution in [2.75, 3.05) is 25.7 Å². The number of ketones is 1. The highest BCUT2D eigenvalue weighted by atomic mass is 16.5. The zero-order valence-electron chi connectivity index (χ0n) is 21.6. The molecule has 1 N–H and O–H groups in total. The number of nitrogens with zero attached hydrogens (tertiary/aromatic N) is 1. The average molecular weight is 502 g/mol. The van der Waals surface area contributed by atoms with Crippen molar-refractivity contribution < 1.29 is 28.9 Å². The number of aliphatic hydroxyl groups is 1. The number of ether oxygens (including phenoxy) is 3. The van der Waals surface area contributed by atoms with E-state index in [2.05, 4.69) is 13.8 Å². The molecule has 1 saturated heterocycles. The number of carbonyl (C=O) groups excluding carboxylic acids is 2. The van der Waals surface area contributed by atoms with Gasteiger partial charge in [0, 0.05) is 11.3 Å². The lowest BCUT2D eigenvalue weighted by Crippen LogP contribution is -2.29. The SMILES string of the molecule is CCOc1ccc(N2C(=O)C(=O)/C(=C(\O)c3ccc(OC)c(OC)c3)C2c2ccc(C(C)C)cc2)cc1. The number of methoxy groups -OCH3 is 2. The van der Waals surface area contributed by atoms with Crippen molar-refractivity contribution in [1.82, 2.24) is 0 Å². The summed E-state index contributed by atoms with van der Waals surface area (Å²) in [5.41, 5.74) is 2.70. The molecule has 1 aliphatic heterocycles. The van der Waals surface area contributed by atoms with Crippen LogP contribution in [0.5, 0.6) is 17.2 Å². The molecule has 3 aromatic carbocycles. The molecule has 192 valence electrons. The van der Waals surface area contributed by atoms with Gasteiger partial charge in [-0.15, -0.1) is 0 Å². The van der Waals surface area contributed by atoms with E-state index < -0.39 is 17.7 Å². The minimum atomic E-state index is -0.827. The lowest BCUT2D eigenvalue weighted by atomic mass is 9.93. The molecule has 0 bridgehead atoms. The van der Waals surface area contributed by atoms with E-state index in [4.69, 9.17) is 14.2 Å². The van der Waals surface area contributed by atoms with Crippen molar-refractivity contribution in [2.45, 2.75) is 32.7 Å². The summed E-state index contributed by atoms with van der Waals surface area (Å²) in [7, 11) is 3.00. The summed E-state index contributed by atoms with van der Waals surface area (Å²) in [6, 6.07) is 18.8. The largest absolute Gasteiger partial charge is 0.507 e. The summed E-state index contributed by atoms with van der Waals surface area (Å²) in [6.07, 6.45) is 0. The third-order valence-electron chi connectivity index (χ3n) is 6.45. The molecule has 1 amide bonds. The second-order valence-corrected chi connectivity index (χ2v) is 8.99. The summed E-state index contributed by atoms with van der Waals surface area (Å²) < 4.78 is 16.2. The molecule has 1 aliphatic rings. The highest BCUT2D eigenvalue weighted by molar-refractivity contribution is 6.51. The van der Waals surface area contributed by atoms with E-state index in [9.17, 15) is 14.7 Å². The van der Waals surface area contributed by atoms with Crippen LogP contribution in [0.1, 0.15) is 49.4 Å². The first kappa shape index (κ1) is 25.8. The van der Waals surface area contributed by atoms with E-state index in [1.165, 1.54) is 19.1 Å². The molecular formula is C30H31NO6. The third kappa shape index (κ3) is 4.89. The molecule has 0 aromatic heterocycles. The van der Waals surface area contributed by atoms with Crippen LogP contribution in [0, 0.1) is 0 Å². The normalized spacial score (nSPS) is 16.8. The van der Waals surface area contributed by atoms with Crippen LogP contribution in [0.4, 0.5) is 5.69 Å². The van der Waals surface area contributed by atoms with Gasteiger partial charge in [-0.1, -0.05) is 38.1 Å². The molecule has 1 heterocycles. The number of benzene rings is 3. The summed E-state index contributed by atoms with van der Waals surface area (Å²) in [6.45, 7) is 6.59. The van der Waals surface area contributed by atoms with Gasteiger partial charge < -0.3 is 19.3 Å². The van der Waals surface area contributed by atoms with Gasteiger partial charge in [-0.25, -0.2) is 0 Å². The zero-order valence-corrected chi connectivity index (χ0v) is 21.6. The molecule has 4 rings (SSSR count). The van der Waals surface area contributed by atoms with Crippen molar-refractivity contribution in [3.63, 3.8) is 0 Å². The van der Waals surface area contributed by atoms with Crippen LogP contribution in [0.15, 0.2) is 72.3 Å². The fraction of sp³-hybridized carbons (Fsp3) is 0.267. The van der Waals surface area contributed by atoms with E-state index in [-0.39, 0.29) is 11.3 Å². The fourth-order valence-electron chi connectivity index (χ4n) is 4.49. The van der Waals surface area contributed by atoms with Gasteiger partial charge in [-0.2, -0.15) is 0 Å². The molecular weight excluding hydrogens is 470 g/mol. The van der Waals surface area contributed by atoms with Gasteiger partial charge in [0.05, 0.1) is 32.4 Å². The van der Waals surface area contributed by atoms with Crippen LogP contribution in [0.25, 0.3) is 5.76 Å². The standard InChI is InChI=1S/C30H31NO6/c1-6-37-23-14-12-22(13-15-23)31-27(20-9-7-19(8-10-20)18(2)3)26(29(33)30(31)34)28(32)21-11-16-24(35-4)25(17-21)36-5/h7-18,27,32H,6H2,1-5H3/b28-26-. The monoisotopic (exact) mass is 501 g/mol. The van der Waals surface area contributed by atoms with Crippen LogP contribution < -0.4 is 19.1 Å². The number of hydrogen-bond acceptors (Lipinski definition) is 6. The van der Waals surface area contributed by atoms with Crippen LogP contribution >= 0.6 is 0 Å². The van der Waals surface area contributed by atoms with E-state index >= 15 is 0 Å². The highest BCUT2D eigenvalue weighted by Gasteiger charge is 2.47. The van der Waals surface area contributed by atoms with Crippen LogP contribution in [-0.4, -0.2) is 37.6 Å². The van der Waals surface area contributed by atoms with Crippen LogP contribution in [0.3, 0.4) is 0 Å². The van der Waals surface area contributed by atoms with E-state index in [1.807, 2.05) is 31.2 Å². The molecule has 3 aromatic rings. The van der Waals surface area contributed by atoms with Gasteiger partial charge in [-0.05, 0) is 66.4 Å². The van der Waals surface area contributed by atoms with Crippen molar-refractivity contribution in [1.29, 1.82) is 0 Å². The molecule has 1 fully saturated rings. The van der Waals surface area contributed by atoms with Crippen molar-refractivity contribution in [3.8, 4) is 17.2 Å². The van der Waals surface area contributed by atoms with E-state index in [0.717, 1.165) is 5.56 Å². The summed E-state index contributed by atoms with van der Waals surface area (Å²) in [5, 5.41) is 11.4. The van der Waals surface area contributed by atoms with Gasteiger partial charge in [0.15, 0.2) is 11.5 Å². The predicted molar refractivity (Wildman–Crippen MR) is 142 cm³/mol. The second kappa shape index (κ2) is 10.8. The first-order chi connectivity index (χ1) is 17.8. The maximum atomic E-state index is 13.4. The van der Waals surface area contributed by atoms with E-state index in [1.54, 1.807) is 42.5 Å². The Morgan fingerprint density at radius 1 is 0.919 bits per heavy atom. The maximum absolute atomic E-state index is 13.4.